The normalized spacial score (nSPS) is 18.0. The summed E-state index contributed by atoms with van der Waals surface area (Å²) in [7, 11) is 0. The van der Waals surface area contributed by atoms with Crippen LogP contribution in [0.1, 0.15) is 19.3 Å². The van der Waals surface area contributed by atoms with Gasteiger partial charge >= 0.3 is 0 Å². The molecule has 5 nitrogen and oxygen atoms in total. The smallest absolute Gasteiger partial charge is 0.234 e. The maximum absolute atomic E-state index is 11.1. The van der Waals surface area contributed by atoms with Crippen molar-refractivity contribution >= 4 is 5.91 Å². The summed E-state index contributed by atoms with van der Waals surface area (Å²) in [6.07, 6.45) is 2.91. The fraction of sp³-hybridized carbons (Fsp3) is 0.778. The highest BCUT2D eigenvalue weighted by molar-refractivity contribution is 5.78. The minimum Gasteiger partial charge on any atom is -0.394 e. The quantitative estimate of drug-likeness (QED) is 0.500. The number of carbonyl (C=O) groups excluding carboxylic acids is 1. The van der Waals surface area contributed by atoms with Gasteiger partial charge in [0.1, 0.15) is 6.54 Å². The summed E-state index contributed by atoms with van der Waals surface area (Å²) in [5.74, 6) is -0.203. The summed E-state index contributed by atoms with van der Waals surface area (Å²) >= 11 is 0. The van der Waals surface area contributed by atoms with Crippen molar-refractivity contribution in [3.63, 3.8) is 0 Å². The topological polar surface area (TPSA) is 85.2 Å². The van der Waals surface area contributed by atoms with Crippen molar-refractivity contribution in [2.75, 3.05) is 19.7 Å². The highest BCUT2D eigenvalue weighted by atomic mass is 16.3. The van der Waals surface area contributed by atoms with E-state index >= 15 is 0 Å². The number of nitriles is 1. The van der Waals surface area contributed by atoms with Crippen molar-refractivity contribution in [1.29, 1.82) is 5.26 Å². The molecule has 1 amide bonds. The molecule has 0 aromatic heterocycles. The lowest BCUT2D eigenvalue weighted by molar-refractivity contribution is -0.120. The number of aliphatic hydroxyl groups excluding tert-OH is 1. The predicted molar refractivity (Wildman–Crippen MR) is 50.3 cm³/mol. The Balaban J connectivity index is 2.19. The van der Waals surface area contributed by atoms with E-state index in [-0.39, 0.29) is 31.1 Å². The number of hydrogen-bond acceptors (Lipinski definition) is 4. The van der Waals surface area contributed by atoms with Crippen LogP contribution in [0, 0.1) is 11.3 Å². The summed E-state index contributed by atoms with van der Waals surface area (Å²) in [4.78, 5) is 11.1. The van der Waals surface area contributed by atoms with Crippen LogP contribution in [0.3, 0.4) is 0 Å². The number of aliphatic hydroxyl groups is 1. The molecule has 0 aromatic rings. The summed E-state index contributed by atoms with van der Waals surface area (Å²) in [6.45, 7) is 0.271. The van der Waals surface area contributed by atoms with Crippen LogP contribution in [0.15, 0.2) is 0 Å². The molecule has 1 saturated carbocycles. The van der Waals surface area contributed by atoms with E-state index in [1.165, 1.54) is 0 Å². The highest BCUT2D eigenvalue weighted by Gasteiger charge is 2.35. The first-order valence-electron chi connectivity index (χ1n) is 4.72. The molecule has 0 radical (unpaired) electrons. The molecule has 0 unspecified atom stereocenters. The highest BCUT2D eigenvalue weighted by Crippen LogP contribution is 2.30. The summed E-state index contributed by atoms with van der Waals surface area (Å²) in [5.41, 5.74) is -0.246. The lowest BCUT2D eigenvalue weighted by atomic mass is 9.77. The van der Waals surface area contributed by atoms with E-state index in [0.717, 1.165) is 19.3 Å². The minimum absolute atomic E-state index is 0.0344. The van der Waals surface area contributed by atoms with Gasteiger partial charge in [-0.2, -0.15) is 5.26 Å². The average Bonchev–Trinajstić information content (AvgIpc) is 2.14. The van der Waals surface area contributed by atoms with Crippen molar-refractivity contribution in [2.24, 2.45) is 0 Å². The standard InChI is InChI=1S/C9H15N3O2/c10-4-5-11-8(14)6-12-9(7-13)2-1-3-9/h12-13H,1-3,5-7H2,(H,11,14). The number of nitrogens with one attached hydrogen (secondary N) is 2. The molecule has 0 aliphatic heterocycles. The lowest BCUT2D eigenvalue weighted by Gasteiger charge is -2.41. The number of hydrogen-bond donors (Lipinski definition) is 3. The Morgan fingerprint density at radius 1 is 1.57 bits per heavy atom. The third-order valence-corrected chi connectivity index (χ3v) is 2.60. The Bertz CT molecular complexity index is 237. The van der Waals surface area contributed by atoms with E-state index in [1.807, 2.05) is 6.07 Å². The van der Waals surface area contributed by atoms with E-state index in [2.05, 4.69) is 10.6 Å². The first-order chi connectivity index (χ1) is 6.72. The fourth-order valence-electron chi connectivity index (χ4n) is 1.46. The molecule has 0 aromatic carbocycles. The Labute approximate surface area is 83.1 Å². The maximum atomic E-state index is 11.1. The van der Waals surface area contributed by atoms with Gasteiger partial charge in [0.05, 0.1) is 19.2 Å². The molecule has 3 N–H and O–H groups in total. The molecule has 0 heterocycles. The molecule has 1 rings (SSSR count). The van der Waals surface area contributed by atoms with Gasteiger partial charge < -0.3 is 15.7 Å². The van der Waals surface area contributed by atoms with E-state index in [1.54, 1.807) is 0 Å². The van der Waals surface area contributed by atoms with Gasteiger partial charge in [-0.1, -0.05) is 0 Å². The van der Waals surface area contributed by atoms with Crippen LogP contribution in [0.5, 0.6) is 0 Å². The van der Waals surface area contributed by atoms with Crippen LogP contribution < -0.4 is 10.6 Å². The minimum atomic E-state index is -0.246. The van der Waals surface area contributed by atoms with Crippen LogP contribution in [0.2, 0.25) is 0 Å². The molecule has 1 aliphatic carbocycles. The molecule has 0 spiro atoms. The van der Waals surface area contributed by atoms with Crippen molar-refractivity contribution in [3.8, 4) is 6.07 Å². The van der Waals surface area contributed by atoms with Crippen molar-refractivity contribution < 1.29 is 9.90 Å². The first kappa shape index (κ1) is 11.0. The molecule has 0 bridgehead atoms. The summed E-state index contributed by atoms with van der Waals surface area (Å²) in [6, 6.07) is 1.83. The predicted octanol–water partition coefficient (Wildman–Crippen LogP) is -0.869. The van der Waals surface area contributed by atoms with E-state index < -0.39 is 0 Å². The van der Waals surface area contributed by atoms with Gasteiger partial charge in [0, 0.05) is 5.54 Å². The van der Waals surface area contributed by atoms with Crippen LogP contribution in [0.4, 0.5) is 0 Å². The van der Waals surface area contributed by atoms with Crippen molar-refractivity contribution in [3.05, 3.63) is 0 Å². The third kappa shape index (κ3) is 2.69. The number of carbonyl (C=O) groups is 1. The van der Waals surface area contributed by atoms with E-state index in [0.29, 0.717) is 0 Å². The van der Waals surface area contributed by atoms with Crippen LogP contribution >= 0.6 is 0 Å². The van der Waals surface area contributed by atoms with Gasteiger partial charge in [-0.15, -0.1) is 0 Å². The molecule has 1 fully saturated rings. The van der Waals surface area contributed by atoms with Crippen LogP contribution in [0.25, 0.3) is 0 Å². The zero-order valence-electron chi connectivity index (χ0n) is 8.05. The molecular formula is C9H15N3O2. The molecule has 14 heavy (non-hydrogen) atoms. The second-order valence-corrected chi connectivity index (χ2v) is 3.58. The molecule has 0 saturated heterocycles. The van der Waals surface area contributed by atoms with Gasteiger partial charge in [0.25, 0.3) is 0 Å². The van der Waals surface area contributed by atoms with Gasteiger partial charge in [-0.3, -0.25) is 4.79 Å². The number of amides is 1. The summed E-state index contributed by atoms with van der Waals surface area (Å²) < 4.78 is 0. The van der Waals surface area contributed by atoms with Gasteiger partial charge in [0.15, 0.2) is 0 Å². The first-order valence-corrected chi connectivity index (χ1v) is 4.72. The fourth-order valence-corrected chi connectivity index (χ4v) is 1.46. The molecular weight excluding hydrogens is 182 g/mol. The van der Waals surface area contributed by atoms with Crippen LogP contribution in [-0.2, 0) is 4.79 Å². The van der Waals surface area contributed by atoms with Crippen molar-refractivity contribution in [2.45, 2.75) is 24.8 Å². The third-order valence-electron chi connectivity index (χ3n) is 2.60. The molecule has 0 atom stereocenters. The average molecular weight is 197 g/mol. The van der Waals surface area contributed by atoms with E-state index in [9.17, 15) is 4.79 Å². The second kappa shape index (κ2) is 4.94. The van der Waals surface area contributed by atoms with Crippen molar-refractivity contribution in [1.82, 2.24) is 10.6 Å². The van der Waals surface area contributed by atoms with Gasteiger partial charge in [-0.25, -0.2) is 0 Å². The number of rotatable bonds is 5. The van der Waals surface area contributed by atoms with E-state index in [4.69, 9.17) is 10.4 Å². The monoisotopic (exact) mass is 197 g/mol. The summed E-state index contributed by atoms with van der Waals surface area (Å²) in [5, 5.41) is 22.8. The largest absolute Gasteiger partial charge is 0.394 e. The Morgan fingerprint density at radius 3 is 2.71 bits per heavy atom. The Morgan fingerprint density at radius 2 is 2.29 bits per heavy atom. The zero-order valence-corrected chi connectivity index (χ0v) is 8.05. The lowest BCUT2D eigenvalue weighted by Crippen LogP contribution is -2.56. The SMILES string of the molecule is N#CCNC(=O)CNC1(CO)CCC1. The zero-order chi connectivity index (χ0) is 10.4. The number of nitrogens with zero attached hydrogens (tertiary/aromatic N) is 1. The molecule has 5 heteroatoms. The molecule has 1 aliphatic rings. The van der Waals surface area contributed by atoms with Gasteiger partial charge in [0.2, 0.25) is 5.91 Å². The Kier molecular flexibility index (Phi) is 3.86. The Hall–Kier alpha value is -1.12. The maximum Gasteiger partial charge on any atom is 0.234 e. The van der Waals surface area contributed by atoms with Gasteiger partial charge in [-0.05, 0) is 19.3 Å². The molecule has 78 valence electrons. The van der Waals surface area contributed by atoms with Crippen LogP contribution in [-0.4, -0.2) is 36.2 Å². The second-order valence-electron chi connectivity index (χ2n) is 3.58.